The Morgan fingerprint density at radius 1 is 1.18 bits per heavy atom. The highest BCUT2D eigenvalue weighted by molar-refractivity contribution is 7.98. The van der Waals surface area contributed by atoms with Crippen molar-refractivity contribution < 1.29 is 9.90 Å². The summed E-state index contributed by atoms with van der Waals surface area (Å²) in [6, 6.07) is 3.76. The molecule has 0 atom stereocenters. The molecular weight excluding hydrogens is 238 g/mol. The maximum absolute atomic E-state index is 10.9. The molecule has 2 heterocycles. The van der Waals surface area contributed by atoms with Crippen molar-refractivity contribution in [2.45, 2.75) is 10.8 Å². The molecule has 0 unspecified atom stereocenters. The minimum Gasteiger partial charge on any atom is -0.476 e. The van der Waals surface area contributed by atoms with Gasteiger partial charge in [-0.2, -0.15) is 0 Å². The summed E-state index contributed by atoms with van der Waals surface area (Å²) in [5.74, 6) is -0.420. The average molecular weight is 247 g/mol. The van der Waals surface area contributed by atoms with E-state index in [-0.39, 0.29) is 5.69 Å². The second-order valence-corrected chi connectivity index (χ2v) is 4.12. The van der Waals surface area contributed by atoms with Crippen molar-refractivity contribution in [3.8, 4) is 0 Å². The summed E-state index contributed by atoms with van der Waals surface area (Å²) in [4.78, 5) is 22.6. The van der Waals surface area contributed by atoms with Crippen LogP contribution in [-0.2, 0) is 5.75 Å². The van der Waals surface area contributed by atoms with Crippen LogP contribution in [0.25, 0.3) is 0 Å². The minimum absolute atomic E-state index is 0.00782. The summed E-state index contributed by atoms with van der Waals surface area (Å²) in [7, 11) is 0. The zero-order valence-electron chi connectivity index (χ0n) is 8.78. The van der Waals surface area contributed by atoms with E-state index in [2.05, 4.69) is 15.0 Å². The highest BCUT2D eigenvalue weighted by atomic mass is 32.2. The lowest BCUT2D eigenvalue weighted by molar-refractivity contribution is 0.0685. The van der Waals surface area contributed by atoms with Crippen LogP contribution in [0.5, 0.6) is 0 Å². The van der Waals surface area contributed by atoms with Gasteiger partial charge in [-0.1, -0.05) is 11.8 Å². The fourth-order valence-electron chi connectivity index (χ4n) is 1.21. The lowest BCUT2D eigenvalue weighted by atomic mass is 10.3. The van der Waals surface area contributed by atoms with Gasteiger partial charge in [0.2, 0.25) is 0 Å². The molecular formula is C11H9N3O2S. The van der Waals surface area contributed by atoms with Crippen molar-refractivity contribution >= 4 is 17.7 Å². The largest absolute Gasteiger partial charge is 0.476 e. The van der Waals surface area contributed by atoms with Crippen LogP contribution in [0.3, 0.4) is 0 Å². The van der Waals surface area contributed by atoms with Crippen molar-refractivity contribution in [3.63, 3.8) is 0 Å². The topological polar surface area (TPSA) is 76.0 Å². The van der Waals surface area contributed by atoms with E-state index < -0.39 is 5.97 Å². The molecule has 0 saturated heterocycles. The number of aromatic carboxylic acids is 1. The summed E-state index contributed by atoms with van der Waals surface area (Å²) >= 11 is 1.35. The van der Waals surface area contributed by atoms with E-state index in [4.69, 9.17) is 5.11 Å². The van der Waals surface area contributed by atoms with E-state index >= 15 is 0 Å². The van der Waals surface area contributed by atoms with Crippen molar-refractivity contribution in [3.05, 3.63) is 48.2 Å². The molecule has 2 aromatic rings. The Morgan fingerprint density at radius 3 is 2.59 bits per heavy atom. The molecule has 0 bridgehead atoms. The monoisotopic (exact) mass is 247 g/mol. The average Bonchev–Trinajstić information content (AvgIpc) is 2.38. The molecule has 86 valence electrons. The number of carboxylic acid groups (broad SMARTS) is 1. The molecule has 5 nitrogen and oxygen atoms in total. The van der Waals surface area contributed by atoms with Crippen LogP contribution >= 0.6 is 11.8 Å². The van der Waals surface area contributed by atoms with Crippen LogP contribution in [-0.4, -0.2) is 26.0 Å². The molecule has 0 aliphatic heterocycles. The normalized spacial score (nSPS) is 10.1. The van der Waals surface area contributed by atoms with Gasteiger partial charge in [-0.25, -0.2) is 14.8 Å². The molecule has 0 aliphatic rings. The Labute approximate surface area is 102 Å². The van der Waals surface area contributed by atoms with Gasteiger partial charge >= 0.3 is 5.97 Å². The number of carbonyl (C=O) groups is 1. The first-order valence-corrected chi connectivity index (χ1v) is 5.82. The molecule has 0 aliphatic carbocycles. The van der Waals surface area contributed by atoms with E-state index in [9.17, 15) is 4.79 Å². The number of aromatic nitrogens is 3. The molecule has 6 heteroatoms. The van der Waals surface area contributed by atoms with E-state index in [1.807, 2.05) is 12.1 Å². The van der Waals surface area contributed by atoms with Crippen LogP contribution in [0.1, 0.15) is 16.1 Å². The van der Waals surface area contributed by atoms with Crippen molar-refractivity contribution in [2.24, 2.45) is 0 Å². The van der Waals surface area contributed by atoms with Crippen molar-refractivity contribution in [2.75, 3.05) is 0 Å². The first kappa shape index (κ1) is 11.5. The zero-order chi connectivity index (χ0) is 12.1. The maximum atomic E-state index is 10.9. The van der Waals surface area contributed by atoms with Gasteiger partial charge in [-0.3, -0.25) is 4.98 Å². The van der Waals surface area contributed by atoms with Crippen LogP contribution in [0, 0.1) is 0 Å². The van der Waals surface area contributed by atoms with Gasteiger partial charge in [0, 0.05) is 30.5 Å². The van der Waals surface area contributed by atoms with Gasteiger partial charge in [0.1, 0.15) is 5.03 Å². The SMILES string of the molecule is O=C(O)c1nccnc1SCc1ccncc1. The van der Waals surface area contributed by atoms with E-state index in [0.717, 1.165) is 5.56 Å². The first-order chi connectivity index (χ1) is 8.27. The minimum atomic E-state index is -1.06. The Kier molecular flexibility index (Phi) is 3.66. The van der Waals surface area contributed by atoms with Gasteiger partial charge in [0.05, 0.1) is 0 Å². The second kappa shape index (κ2) is 5.40. The number of rotatable bonds is 4. The molecule has 2 aromatic heterocycles. The van der Waals surface area contributed by atoms with Gasteiger partial charge < -0.3 is 5.11 Å². The number of pyridine rings is 1. The summed E-state index contributed by atoms with van der Waals surface area (Å²) < 4.78 is 0. The number of carboxylic acids is 1. The summed E-state index contributed by atoms with van der Waals surface area (Å²) in [5, 5.41) is 9.36. The summed E-state index contributed by atoms with van der Waals surface area (Å²) in [5.41, 5.74) is 1.05. The highest BCUT2D eigenvalue weighted by Gasteiger charge is 2.12. The predicted molar refractivity (Wildman–Crippen MR) is 62.8 cm³/mol. The molecule has 2 rings (SSSR count). The van der Waals surface area contributed by atoms with Gasteiger partial charge in [0.25, 0.3) is 0 Å². The third-order valence-electron chi connectivity index (χ3n) is 1.99. The van der Waals surface area contributed by atoms with E-state index in [1.54, 1.807) is 12.4 Å². The van der Waals surface area contributed by atoms with E-state index in [0.29, 0.717) is 10.8 Å². The number of hydrogen-bond acceptors (Lipinski definition) is 5. The Bertz CT molecular complexity index is 519. The molecule has 0 spiro atoms. The molecule has 0 saturated carbocycles. The third-order valence-corrected chi connectivity index (χ3v) is 3.04. The van der Waals surface area contributed by atoms with Gasteiger partial charge in [-0.05, 0) is 17.7 Å². The number of thioether (sulfide) groups is 1. The zero-order valence-corrected chi connectivity index (χ0v) is 9.59. The van der Waals surface area contributed by atoms with Crippen LogP contribution < -0.4 is 0 Å². The predicted octanol–water partition coefficient (Wildman–Crippen LogP) is 1.86. The summed E-state index contributed by atoms with van der Waals surface area (Å²) in [6.45, 7) is 0. The van der Waals surface area contributed by atoms with Gasteiger partial charge in [0.15, 0.2) is 5.69 Å². The number of hydrogen-bond donors (Lipinski definition) is 1. The quantitative estimate of drug-likeness (QED) is 0.831. The van der Waals surface area contributed by atoms with Gasteiger partial charge in [-0.15, -0.1) is 0 Å². The Hall–Kier alpha value is -1.95. The molecule has 1 N–H and O–H groups in total. The standard InChI is InChI=1S/C11H9N3O2S/c15-11(16)9-10(14-6-5-13-9)17-7-8-1-3-12-4-2-8/h1-6H,7H2,(H,15,16). The lowest BCUT2D eigenvalue weighted by Crippen LogP contribution is -2.03. The van der Waals surface area contributed by atoms with Crippen LogP contribution in [0.2, 0.25) is 0 Å². The Balaban J connectivity index is 2.12. The molecule has 0 aromatic carbocycles. The lowest BCUT2D eigenvalue weighted by Gasteiger charge is -2.03. The molecule has 0 fully saturated rings. The van der Waals surface area contributed by atoms with Crippen LogP contribution in [0.15, 0.2) is 41.9 Å². The fourth-order valence-corrected chi connectivity index (χ4v) is 2.12. The Morgan fingerprint density at radius 2 is 1.88 bits per heavy atom. The molecule has 0 amide bonds. The smallest absolute Gasteiger partial charge is 0.357 e. The highest BCUT2D eigenvalue weighted by Crippen LogP contribution is 2.22. The van der Waals surface area contributed by atoms with Crippen LogP contribution in [0.4, 0.5) is 0 Å². The van der Waals surface area contributed by atoms with E-state index in [1.165, 1.54) is 24.2 Å². The second-order valence-electron chi connectivity index (χ2n) is 3.16. The molecule has 17 heavy (non-hydrogen) atoms. The first-order valence-electron chi connectivity index (χ1n) is 4.83. The maximum Gasteiger partial charge on any atom is 0.357 e. The van der Waals surface area contributed by atoms with Crippen molar-refractivity contribution in [1.29, 1.82) is 0 Å². The fraction of sp³-hybridized carbons (Fsp3) is 0.0909. The summed E-state index contributed by atoms with van der Waals surface area (Å²) in [6.07, 6.45) is 6.26. The van der Waals surface area contributed by atoms with Crippen molar-refractivity contribution in [1.82, 2.24) is 15.0 Å². The third kappa shape index (κ3) is 3.01. The molecule has 0 radical (unpaired) electrons. The number of nitrogens with zero attached hydrogens (tertiary/aromatic N) is 3.